The van der Waals surface area contributed by atoms with Crippen LogP contribution in [0.15, 0.2) is 45.4 Å². The van der Waals surface area contributed by atoms with Gasteiger partial charge in [-0.05, 0) is 35.4 Å². The molecule has 0 atom stereocenters. The van der Waals surface area contributed by atoms with Crippen LogP contribution in [0.5, 0.6) is 0 Å². The molecule has 0 aromatic heterocycles. The van der Waals surface area contributed by atoms with E-state index in [-0.39, 0.29) is 5.43 Å². The number of hydrogen-bond acceptors (Lipinski definition) is 2. The standard InChI is InChI=1S/C13H16OS/c1-9(2)11-5-7-12(14)13(8-6-11)15-10(3)4/h5-9H,3H2,1-2,4H3. The predicted octanol–water partition coefficient (Wildman–Crippen LogP) is 3.80. The SMILES string of the molecule is C=C(C)Sc1ccc(C(C)C)ccc1=O. The molecule has 80 valence electrons. The van der Waals surface area contributed by atoms with Crippen molar-refractivity contribution in [3.63, 3.8) is 0 Å². The molecule has 0 bridgehead atoms. The second-order valence-electron chi connectivity index (χ2n) is 3.85. The van der Waals surface area contributed by atoms with Crippen molar-refractivity contribution in [1.29, 1.82) is 0 Å². The van der Waals surface area contributed by atoms with Crippen molar-refractivity contribution in [2.45, 2.75) is 31.6 Å². The topological polar surface area (TPSA) is 17.1 Å². The van der Waals surface area contributed by atoms with Crippen molar-refractivity contribution in [1.82, 2.24) is 0 Å². The molecule has 0 spiro atoms. The van der Waals surface area contributed by atoms with Crippen molar-refractivity contribution in [2.75, 3.05) is 0 Å². The zero-order valence-electron chi connectivity index (χ0n) is 9.41. The molecular formula is C13H16OS. The quantitative estimate of drug-likeness (QED) is 0.721. The first-order chi connectivity index (χ1) is 7.00. The van der Waals surface area contributed by atoms with Crippen molar-refractivity contribution in [2.24, 2.45) is 0 Å². The fourth-order valence-corrected chi connectivity index (χ4v) is 1.90. The minimum atomic E-state index is 0.0647. The highest BCUT2D eigenvalue weighted by molar-refractivity contribution is 8.03. The molecule has 0 N–H and O–H groups in total. The zero-order chi connectivity index (χ0) is 11.4. The minimum absolute atomic E-state index is 0.0647. The van der Waals surface area contributed by atoms with Crippen LogP contribution >= 0.6 is 11.8 Å². The monoisotopic (exact) mass is 220 g/mol. The summed E-state index contributed by atoms with van der Waals surface area (Å²) in [5.41, 5.74) is 1.25. The van der Waals surface area contributed by atoms with Gasteiger partial charge >= 0.3 is 0 Å². The molecule has 0 aliphatic heterocycles. The molecule has 1 rings (SSSR count). The van der Waals surface area contributed by atoms with Gasteiger partial charge in [-0.25, -0.2) is 0 Å². The molecule has 1 aromatic carbocycles. The van der Waals surface area contributed by atoms with E-state index in [1.54, 1.807) is 6.07 Å². The minimum Gasteiger partial charge on any atom is -0.289 e. The number of allylic oxidation sites excluding steroid dienone is 1. The Hall–Kier alpha value is -1.02. The van der Waals surface area contributed by atoms with Crippen LogP contribution in [0.3, 0.4) is 0 Å². The van der Waals surface area contributed by atoms with Crippen LogP contribution in [0.1, 0.15) is 32.3 Å². The van der Waals surface area contributed by atoms with Gasteiger partial charge in [-0.1, -0.05) is 44.3 Å². The second kappa shape index (κ2) is 5.17. The van der Waals surface area contributed by atoms with Crippen LogP contribution in [-0.2, 0) is 0 Å². The molecule has 0 saturated carbocycles. The van der Waals surface area contributed by atoms with Crippen LogP contribution in [0.4, 0.5) is 0 Å². The van der Waals surface area contributed by atoms with Crippen LogP contribution in [0.2, 0.25) is 0 Å². The lowest BCUT2D eigenvalue weighted by Gasteiger charge is -1.99. The van der Waals surface area contributed by atoms with E-state index in [4.69, 9.17) is 0 Å². The third kappa shape index (κ3) is 3.56. The molecule has 0 radical (unpaired) electrons. The molecule has 0 unspecified atom stereocenters. The van der Waals surface area contributed by atoms with Gasteiger partial charge in [0.15, 0.2) is 5.43 Å². The number of thioether (sulfide) groups is 1. The summed E-state index contributed by atoms with van der Waals surface area (Å²) in [5, 5.41) is 0. The maximum atomic E-state index is 11.7. The van der Waals surface area contributed by atoms with Crippen LogP contribution < -0.4 is 5.43 Å². The average Bonchev–Trinajstić information content (AvgIpc) is 2.29. The van der Waals surface area contributed by atoms with Crippen molar-refractivity contribution in [3.05, 3.63) is 51.5 Å². The third-order valence-corrected chi connectivity index (χ3v) is 2.95. The van der Waals surface area contributed by atoms with Gasteiger partial charge in [0.05, 0.1) is 4.90 Å². The maximum Gasteiger partial charge on any atom is 0.192 e. The predicted molar refractivity (Wildman–Crippen MR) is 67.5 cm³/mol. The molecule has 0 aliphatic carbocycles. The van der Waals surface area contributed by atoms with Gasteiger partial charge in [-0.2, -0.15) is 0 Å². The highest BCUT2D eigenvalue weighted by Crippen LogP contribution is 2.22. The molecule has 0 aliphatic rings. The Morgan fingerprint density at radius 3 is 2.40 bits per heavy atom. The molecule has 1 nitrogen and oxygen atoms in total. The highest BCUT2D eigenvalue weighted by Gasteiger charge is 2.01. The van der Waals surface area contributed by atoms with E-state index < -0.39 is 0 Å². The normalized spacial score (nSPS) is 10.4. The largest absolute Gasteiger partial charge is 0.289 e. The van der Waals surface area contributed by atoms with Gasteiger partial charge < -0.3 is 0 Å². The summed E-state index contributed by atoms with van der Waals surface area (Å²) in [5.74, 6) is 0.444. The molecule has 0 heterocycles. The van der Waals surface area contributed by atoms with Crippen LogP contribution in [0, 0.1) is 0 Å². The van der Waals surface area contributed by atoms with Crippen molar-refractivity contribution < 1.29 is 0 Å². The Morgan fingerprint density at radius 1 is 1.27 bits per heavy atom. The molecule has 0 fully saturated rings. The van der Waals surface area contributed by atoms with Gasteiger partial charge in [0.25, 0.3) is 0 Å². The van der Waals surface area contributed by atoms with Gasteiger partial charge in [0, 0.05) is 0 Å². The summed E-state index contributed by atoms with van der Waals surface area (Å²) in [4.78, 5) is 13.3. The number of rotatable bonds is 3. The first kappa shape index (κ1) is 12.1. The maximum absolute atomic E-state index is 11.7. The van der Waals surface area contributed by atoms with E-state index in [2.05, 4.69) is 20.4 Å². The van der Waals surface area contributed by atoms with Gasteiger partial charge in [0.1, 0.15) is 0 Å². The van der Waals surface area contributed by atoms with E-state index in [1.165, 1.54) is 17.3 Å². The molecule has 1 aromatic rings. The van der Waals surface area contributed by atoms with E-state index in [0.29, 0.717) is 5.92 Å². The molecule has 2 heteroatoms. The molecule has 0 saturated heterocycles. The lowest BCUT2D eigenvalue weighted by atomic mass is 10.1. The molecular weight excluding hydrogens is 204 g/mol. The smallest absolute Gasteiger partial charge is 0.192 e. The first-order valence-corrected chi connectivity index (χ1v) is 5.80. The Balaban J connectivity index is 3.16. The third-order valence-electron chi connectivity index (χ3n) is 2.05. The molecule has 15 heavy (non-hydrogen) atoms. The summed E-state index contributed by atoms with van der Waals surface area (Å²) in [7, 11) is 0. The average molecular weight is 220 g/mol. The van der Waals surface area contributed by atoms with Gasteiger partial charge in [-0.15, -0.1) is 0 Å². The highest BCUT2D eigenvalue weighted by atomic mass is 32.2. The van der Waals surface area contributed by atoms with E-state index in [1.807, 2.05) is 25.1 Å². The van der Waals surface area contributed by atoms with Crippen molar-refractivity contribution in [3.8, 4) is 0 Å². The summed E-state index contributed by atoms with van der Waals surface area (Å²) in [6, 6.07) is 7.43. The fourth-order valence-electron chi connectivity index (χ4n) is 1.22. The summed E-state index contributed by atoms with van der Waals surface area (Å²) in [6.07, 6.45) is 0. The Morgan fingerprint density at radius 2 is 1.87 bits per heavy atom. The summed E-state index contributed by atoms with van der Waals surface area (Å²) in [6.45, 7) is 9.93. The lowest BCUT2D eigenvalue weighted by Crippen LogP contribution is -1.96. The number of hydrogen-bond donors (Lipinski definition) is 0. The lowest BCUT2D eigenvalue weighted by molar-refractivity contribution is 0.868. The fraction of sp³-hybridized carbons (Fsp3) is 0.308. The summed E-state index contributed by atoms with van der Waals surface area (Å²) >= 11 is 1.43. The van der Waals surface area contributed by atoms with Crippen molar-refractivity contribution >= 4 is 11.8 Å². The van der Waals surface area contributed by atoms with Gasteiger partial charge in [0.2, 0.25) is 0 Å². The van der Waals surface area contributed by atoms with E-state index in [0.717, 1.165) is 9.80 Å². The zero-order valence-corrected chi connectivity index (χ0v) is 10.2. The van der Waals surface area contributed by atoms with E-state index in [9.17, 15) is 4.79 Å². The second-order valence-corrected chi connectivity index (χ2v) is 5.19. The Bertz CT molecular complexity index is 421. The van der Waals surface area contributed by atoms with E-state index >= 15 is 0 Å². The first-order valence-electron chi connectivity index (χ1n) is 4.98. The molecule has 0 amide bonds. The van der Waals surface area contributed by atoms with Crippen LogP contribution in [0.25, 0.3) is 0 Å². The van der Waals surface area contributed by atoms with Crippen LogP contribution in [-0.4, -0.2) is 0 Å². The Kier molecular flexibility index (Phi) is 4.15. The Labute approximate surface area is 95.2 Å². The summed E-state index contributed by atoms with van der Waals surface area (Å²) < 4.78 is 0. The van der Waals surface area contributed by atoms with Gasteiger partial charge in [-0.3, -0.25) is 4.79 Å².